The summed E-state index contributed by atoms with van der Waals surface area (Å²) in [6.07, 6.45) is 0. The molecule has 0 radical (unpaired) electrons. The zero-order chi connectivity index (χ0) is 15.7. The molecule has 0 spiro atoms. The van der Waals surface area contributed by atoms with Gasteiger partial charge >= 0.3 is 11.8 Å². The number of hydrogen-bond donors (Lipinski definition) is 3. The van der Waals surface area contributed by atoms with Crippen molar-refractivity contribution in [2.45, 2.75) is 0 Å². The summed E-state index contributed by atoms with van der Waals surface area (Å²) in [7, 11) is 0. The third-order valence-corrected chi connectivity index (χ3v) is 3.29. The Hall–Kier alpha value is -1.65. The van der Waals surface area contributed by atoms with E-state index in [1.807, 2.05) is 0 Å². The minimum Gasteiger partial charge on any atom is -0.394 e. The maximum atomic E-state index is 11.4. The maximum absolute atomic E-state index is 11.4. The smallest absolute Gasteiger partial charge is 0.309 e. The van der Waals surface area contributed by atoms with E-state index in [0.717, 1.165) is 16.7 Å². The third kappa shape index (κ3) is 6.10. The second-order valence-corrected chi connectivity index (χ2v) is 4.87. The first-order valence-corrected chi connectivity index (χ1v) is 7.26. The van der Waals surface area contributed by atoms with Crippen LogP contribution in [-0.2, 0) is 19.1 Å². The third-order valence-electron chi connectivity index (χ3n) is 2.44. The van der Waals surface area contributed by atoms with E-state index in [1.54, 1.807) is 0 Å². The zero-order valence-electron chi connectivity index (χ0n) is 11.3. The van der Waals surface area contributed by atoms with E-state index in [2.05, 4.69) is 10.6 Å². The summed E-state index contributed by atoms with van der Waals surface area (Å²) < 4.78 is 4.90. The number of ether oxygens (including phenoxy) is 1. The SMILES string of the molecule is O=C(NCCOCCO)C(=O)NCCN1C(=O)CSC1=O. The largest absolute Gasteiger partial charge is 0.394 e. The summed E-state index contributed by atoms with van der Waals surface area (Å²) in [6.45, 7) is 0.451. The molecule has 1 heterocycles. The van der Waals surface area contributed by atoms with Gasteiger partial charge in [0, 0.05) is 19.6 Å². The minimum absolute atomic E-state index is 0.0192. The number of hydrogen-bond acceptors (Lipinski definition) is 7. The van der Waals surface area contributed by atoms with E-state index in [-0.39, 0.29) is 56.4 Å². The Labute approximate surface area is 125 Å². The summed E-state index contributed by atoms with van der Waals surface area (Å²) >= 11 is 0.910. The Morgan fingerprint density at radius 2 is 1.86 bits per heavy atom. The molecule has 0 aromatic heterocycles. The molecule has 118 valence electrons. The first kappa shape index (κ1) is 17.4. The molecule has 21 heavy (non-hydrogen) atoms. The van der Waals surface area contributed by atoms with Crippen LogP contribution >= 0.6 is 11.8 Å². The molecule has 0 atom stereocenters. The van der Waals surface area contributed by atoms with Crippen LogP contribution in [0.3, 0.4) is 0 Å². The fourth-order valence-electron chi connectivity index (χ4n) is 1.44. The molecule has 0 unspecified atom stereocenters. The zero-order valence-corrected chi connectivity index (χ0v) is 12.1. The molecular weight excluding hydrogens is 302 g/mol. The molecule has 1 saturated heterocycles. The van der Waals surface area contributed by atoms with E-state index in [0.29, 0.717) is 0 Å². The highest BCUT2D eigenvalue weighted by molar-refractivity contribution is 8.14. The number of carbonyl (C=O) groups is 4. The van der Waals surface area contributed by atoms with Crippen molar-refractivity contribution in [1.82, 2.24) is 15.5 Å². The van der Waals surface area contributed by atoms with Gasteiger partial charge in [-0.1, -0.05) is 11.8 Å². The molecule has 9 nitrogen and oxygen atoms in total. The van der Waals surface area contributed by atoms with Crippen molar-refractivity contribution in [3.63, 3.8) is 0 Å². The average molecular weight is 319 g/mol. The first-order chi connectivity index (χ1) is 10.1. The van der Waals surface area contributed by atoms with Crippen LogP contribution in [0.1, 0.15) is 0 Å². The van der Waals surface area contributed by atoms with Gasteiger partial charge < -0.3 is 20.5 Å². The van der Waals surface area contributed by atoms with Gasteiger partial charge in [-0.15, -0.1) is 0 Å². The molecule has 1 rings (SSSR count). The lowest BCUT2D eigenvalue weighted by atomic mass is 10.4. The second kappa shape index (κ2) is 9.32. The van der Waals surface area contributed by atoms with Crippen molar-refractivity contribution in [2.24, 2.45) is 0 Å². The van der Waals surface area contributed by atoms with Gasteiger partial charge in [-0.3, -0.25) is 24.1 Å². The van der Waals surface area contributed by atoms with E-state index in [4.69, 9.17) is 9.84 Å². The van der Waals surface area contributed by atoms with E-state index in [1.165, 1.54) is 0 Å². The molecule has 0 saturated carbocycles. The molecule has 1 aliphatic heterocycles. The molecule has 4 amide bonds. The Morgan fingerprint density at radius 3 is 2.43 bits per heavy atom. The van der Waals surface area contributed by atoms with Crippen LogP contribution in [0.5, 0.6) is 0 Å². The average Bonchev–Trinajstić information content (AvgIpc) is 2.78. The highest BCUT2D eigenvalue weighted by Gasteiger charge is 2.29. The van der Waals surface area contributed by atoms with Crippen molar-refractivity contribution in [3.8, 4) is 0 Å². The molecule has 0 aromatic carbocycles. The van der Waals surface area contributed by atoms with E-state index >= 15 is 0 Å². The standard InChI is InChI=1S/C11H17N3O6S/c15-4-6-20-5-2-13-10(18)9(17)12-1-3-14-8(16)7-21-11(14)19/h15H,1-7H2,(H,12,17)(H,13,18). The molecule has 1 aliphatic rings. The van der Waals surface area contributed by atoms with Crippen LogP contribution in [0.15, 0.2) is 0 Å². The summed E-state index contributed by atoms with van der Waals surface area (Å²) in [5, 5.41) is 12.8. The van der Waals surface area contributed by atoms with Crippen LogP contribution in [0.2, 0.25) is 0 Å². The number of thioether (sulfide) groups is 1. The fourth-order valence-corrected chi connectivity index (χ4v) is 2.19. The minimum atomic E-state index is -0.844. The molecule has 1 fully saturated rings. The molecule has 0 aromatic rings. The van der Waals surface area contributed by atoms with E-state index < -0.39 is 11.8 Å². The van der Waals surface area contributed by atoms with Crippen molar-refractivity contribution in [3.05, 3.63) is 0 Å². The van der Waals surface area contributed by atoms with E-state index in [9.17, 15) is 19.2 Å². The lowest BCUT2D eigenvalue weighted by Crippen LogP contribution is -2.44. The van der Waals surface area contributed by atoms with Crippen LogP contribution in [0, 0.1) is 0 Å². The number of nitrogens with one attached hydrogen (secondary N) is 2. The van der Waals surface area contributed by atoms with Gasteiger partial charge in [0.15, 0.2) is 0 Å². The maximum Gasteiger partial charge on any atom is 0.309 e. The predicted molar refractivity (Wildman–Crippen MR) is 73.5 cm³/mol. The van der Waals surface area contributed by atoms with Crippen LogP contribution in [0.4, 0.5) is 4.79 Å². The highest BCUT2D eigenvalue weighted by Crippen LogP contribution is 2.17. The van der Waals surface area contributed by atoms with Gasteiger partial charge in [0.1, 0.15) is 0 Å². The topological polar surface area (TPSA) is 125 Å². The Balaban J connectivity index is 2.13. The molecule has 10 heteroatoms. The number of imide groups is 1. The van der Waals surface area contributed by atoms with Crippen molar-refractivity contribution >= 4 is 34.7 Å². The number of carbonyl (C=O) groups excluding carboxylic acids is 4. The van der Waals surface area contributed by atoms with Crippen LogP contribution < -0.4 is 10.6 Å². The quantitative estimate of drug-likeness (QED) is 0.346. The number of rotatable bonds is 8. The number of aliphatic hydroxyl groups is 1. The monoisotopic (exact) mass is 319 g/mol. The molecule has 0 bridgehead atoms. The number of amides is 4. The van der Waals surface area contributed by atoms with Crippen LogP contribution in [-0.4, -0.2) is 78.2 Å². The van der Waals surface area contributed by atoms with Crippen molar-refractivity contribution in [1.29, 1.82) is 0 Å². The normalized spacial score (nSPS) is 14.4. The lowest BCUT2D eigenvalue weighted by molar-refractivity contribution is -0.139. The second-order valence-electron chi connectivity index (χ2n) is 3.95. The van der Waals surface area contributed by atoms with Crippen LogP contribution in [0.25, 0.3) is 0 Å². The molecular formula is C11H17N3O6S. The Morgan fingerprint density at radius 1 is 1.19 bits per heavy atom. The summed E-state index contributed by atoms with van der Waals surface area (Å²) in [6, 6.07) is 0. The fraction of sp³-hybridized carbons (Fsp3) is 0.636. The molecule has 3 N–H and O–H groups in total. The van der Waals surface area contributed by atoms with Gasteiger partial charge in [0.25, 0.3) is 5.24 Å². The summed E-state index contributed by atoms with van der Waals surface area (Å²) in [5.41, 5.74) is 0. The van der Waals surface area contributed by atoms with Gasteiger partial charge in [-0.2, -0.15) is 0 Å². The van der Waals surface area contributed by atoms with Crippen molar-refractivity contribution in [2.75, 3.05) is 45.2 Å². The van der Waals surface area contributed by atoms with Gasteiger partial charge in [0.05, 0.1) is 25.6 Å². The van der Waals surface area contributed by atoms with Crippen molar-refractivity contribution < 1.29 is 29.0 Å². The number of nitrogens with zero attached hydrogens (tertiary/aromatic N) is 1. The predicted octanol–water partition coefficient (Wildman–Crippen LogP) is -2.08. The Bertz CT molecular complexity index is 401. The lowest BCUT2D eigenvalue weighted by Gasteiger charge is -2.13. The van der Waals surface area contributed by atoms with Gasteiger partial charge in [0.2, 0.25) is 5.91 Å². The molecule has 0 aliphatic carbocycles. The highest BCUT2D eigenvalue weighted by atomic mass is 32.2. The first-order valence-electron chi connectivity index (χ1n) is 6.28. The summed E-state index contributed by atoms with van der Waals surface area (Å²) in [5.74, 6) is -1.86. The summed E-state index contributed by atoms with van der Waals surface area (Å²) in [4.78, 5) is 46.3. The number of aliphatic hydroxyl groups excluding tert-OH is 1. The van der Waals surface area contributed by atoms with Gasteiger partial charge in [-0.05, 0) is 0 Å². The van der Waals surface area contributed by atoms with Gasteiger partial charge in [-0.25, -0.2) is 0 Å². The Kier molecular flexibility index (Phi) is 7.72.